The molecule has 15 rings (SSSR count). The van der Waals surface area contributed by atoms with E-state index in [4.69, 9.17) is 4.42 Å². The minimum absolute atomic E-state index is 0.0294. The number of para-hydroxylation sites is 2. The molecule has 14 aromatic rings. The monoisotopic (exact) mass is 1110 g/mol. The van der Waals surface area contributed by atoms with E-state index >= 15 is 0 Å². The van der Waals surface area contributed by atoms with E-state index in [1.165, 1.54) is 189 Å². The zero-order valence-electron chi connectivity index (χ0n) is 49.8. The van der Waals surface area contributed by atoms with E-state index in [9.17, 15) is 0 Å². The maximum Gasteiger partial charge on any atom is 0.135 e. The van der Waals surface area contributed by atoms with Crippen LogP contribution in [0, 0.1) is 0 Å². The molecule has 0 bridgehead atoms. The largest absolute Gasteiger partial charge is 0.456 e. The van der Waals surface area contributed by atoms with Crippen molar-refractivity contribution in [1.29, 1.82) is 0 Å². The molecular formula is C83H74N2O. The smallest absolute Gasteiger partial charge is 0.135 e. The summed E-state index contributed by atoms with van der Waals surface area (Å²) >= 11 is 0. The van der Waals surface area contributed by atoms with E-state index < -0.39 is 0 Å². The second-order valence-corrected chi connectivity index (χ2v) is 24.6. The van der Waals surface area contributed by atoms with E-state index in [2.05, 4.69) is 260 Å². The van der Waals surface area contributed by atoms with Crippen molar-refractivity contribution in [3.05, 3.63) is 254 Å². The normalized spacial score (nSPS) is 12.8. The van der Waals surface area contributed by atoms with E-state index in [-0.39, 0.29) is 5.41 Å². The molecule has 3 nitrogen and oxygen atoms in total. The van der Waals surface area contributed by atoms with Crippen molar-refractivity contribution in [2.24, 2.45) is 0 Å². The van der Waals surface area contributed by atoms with Crippen LogP contribution >= 0.6 is 0 Å². The average molecular weight is 1120 g/mol. The van der Waals surface area contributed by atoms with Gasteiger partial charge in [0.05, 0.1) is 22.1 Å². The van der Waals surface area contributed by atoms with Crippen LogP contribution in [-0.4, -0.2) is 9.13 Å². The maximum absolute atomic E-state index is 6.26. The zero-order valence-corrected chi connectivity index (χ0v) is 49.8. The predicted octanol–water partition coefficient (Wildman–Crippen LogP) is 24.2. The van der Waals surface area contributed by atoms with Crippen LogP contribution in [0.15, 0.2) is 247 Å². The van der Waals surface area contributed by atoms with E-state index in [0.717, 1.165) is 33.3 Å². The molecule has 0 spiro atoms. The molecule has 0 aliphatic heterocycles. The Labute approximate surface area is 506 Å². The van der Waals surface area contributed by atoms with Crippen molar-refractivity contribution < 1.29 is 4.42 Å². The Bertz CT molecular complexity index is 4770. The van der Waals surface area contributed by atoms with Gasteiger partial charge in [-0.1, -0.05) is 243 Å². The third-order valence-electron chi connectivity index (χ3n) is 19.3. The summed E-state index contributed by atoms with van der Waals surface area (Å²) in [5, 5.41) is 7.21. The molecule has 0 saturated carbocycles. The van der Waals surface area contributed by atoms with Gasteiger partial charge in [-0.25, -0.2) is 0 Å². The summed E-state index contributed by atoms with van der Waals surface area (Å²) in [6.07, 6.45) is 18.0. The fourth-order valence-electron chi connectivity index (χ4n) is 14.9. The summed E-state index contributed by atoms with van der Waals surface area (Å²) in [6.45, 7) is 4.65. The lowest BCUT2D eigenvalue weighted by Crippen LogP contribution is -2.25. The number of furan rings is 1. The van der Waals surface area contributed by atoms with Gasteiger partial charge in [-0.05, 0) is 171 Å². The number of aromatic nitrogens is 2. The van der Waals surface area contributed by atoms with Crippen molar-refractivity contribution in [1.82, 2.24) is 9.13 Å². The molecule has 86 heavy (non-hydrogen) atoms. The van der Waals surface area contributed by atoms with Crippen LogP contribution in [0.3, 0.4) is 0 Å². The summed E-state index contributed by atoms with van der Waals surface area (Å²) in [4.78, 5) is 0. The first-order chi connectivity index (χ1) is 42.5. The molecule has 3 aromatic heterocycles. The van der Waals surface area contributed by atoms with Gasteiger partial charge in [0.15, 0.2) is 0 Å². The fourth-order valence-corrected chi connectivity index (χ4v) is 14.9. The summed E-state index contributed by atoms with van der Waals surface area (Å²) in [5.74, 6) is 0. The molecular weight excluding hydrogens is 1040 g/mol. The Hall–Kier alpha value is -9.18. The number of nitrogens with zero attached hydrogens (tertiary/aromatic N) is 2. The number of fused-ring (bicyclic) bond motifs is 12. The van der Waals surface area contributed by atoms with Gasteiger partial charge in [-0.2, -0.15) is 0 Å². The molecule has 1 aliphatic rings. The second kappa shape index (κ2) is 23.0. The molecule has 422 valence electrons. The zero-order chi connectivity index (χ0) is 57.6. The molecule has 1 aliphatic carbocycles. The van der Waals surface area contributed by atoms with Crippen molar-refractivity contribution >= 4 is 65.6 Å². The molecule has 0 atom stereocenters. The number of benzene rings is 11. The third-order valence-corrected chi connectivity index (χ3v) is 19.3. The fraction of sp³-hybridized carbons (Fsp3) is 0.205. The molecule has 0 N–H and O–H groups in total. The van der Waals surface area contributed by atoms with E-state index in [1.807, 2.05) is 6.07 Å². The number of hydrogen-bond donors (Lipinski definition) is 0. The third kappa shape index (κ3) is 9.53. The van der Waals surface area contributed by atoms with Crippen LogP contribution in [0.4, 0.5) is 0 Å². The number of rotatable bonds is 20. The predicted molar refractivity (Wildman–Crippen MR) is 366 cm³/mol. The quantitative estimate of drug-likeness (QED) is 0.0698. The number of unbranched alkanes of at least 4 members (excludes halogenated alkanes) is 10. The first-order valence-corrected chi connectivity index (χ1v) is 32.1. The molecule has 11 aromatic carbocycles. The standard InChI is InChI=1S/C83H74N2O/c1-3-5-7-9-11-23-49-83(50-24-12-10-8-6-4-2)75-54-63(58-27-17-14-18-28-58)35-43-67(75)68-44-36-64(55-76(68)83)59-33-40-65(41-34-59)84-79-45-37-60(57-25-15-13-16-26-57)51-72(79)73-53-62(39-47-80(73)84)61-38-46-78-71(52-61)69-29-19-21-31-77(69)85(78)66-42-48-82-74(56-66)70-30-20-22-32-81(70)86-82/h13-22,25-48,51-56H,3-12,23-24,49-50H2,1-2H3. The summed E-state index contributed by atoms with van der Waals surface area (Å²) in [5.41, 5.74) is 24.8. The molecule has 0 unspecified atom stereocenters. The van der Waals surface area contributed by atoms with Crippen molar-refractivity contribution in [3.63, 3.8) is 0 Å². The highest BCUT2D eigenvalue weighted by atomic mass is 16.3. The van der Waals surface area contributed by atoms with E-state index in [0.29, 0.717) is 0 Å². The first kappa shape index (κ1) is 53.5. The van der Waals surface area contributed by atoms with Crippen LogP contribution in [0.1, 0.15) is 115 Å². The minimum Gasteiger partial charge on any atom is -0.456 e. The van der Waals surface area contributed by atoms with Crippen LogP contribution in [0.5, 0.6) is 0 Å². The highest BCUT2D eigenvalue weighted by Gasteiger charge is 2.42. The van der Waals surface area contributed by atoms with Gasteiger partial charge in [0.1, 0.15) is 11.2 Å². The Morgan fingerprint density at radius 3 is 1.24 bits per heavy atom. The molecule has 3 heterocycles. The highest BCUT2D eigenvalue weighted by molar-refractivity contribution is 6.14. The summed E-state index contributed by atoms with van der Waals surface area (Å²) < 4.78 is 11.2. The SMILES string of the molecule is CCCCCCCCC1(CCCCCCCC)c2cc(-c3ccccc3)ccc2-c2ccc(-c3ccc(-n4c5ccc(-c6ccccc6)cc5c5cc(-c6ccc7c(c6)c6ccccc6n7-c6ccc7oc8ccccc8c7c6)ccc54)cc3)cc21. The van der Waals surface area contributed by atoms with Crippen molar-refractivity contribution in [3.8, 4) is 67.0 Å². The maximum atomic E-state index is 6.26. The lowest BCUT2D eigenvalue weighted by Gasteiger charge is -2.33. The molecule has 0 fully saturated rings. The summed E-state index contributed by atoms with van der Waals surface area (Å²) in [6, 6.07) is 91.2. The van der Waals surface area contributed by atoms with Crippen LogP contribution in [0.25, 0.3) is 133 Å². The average Bonchev–Trinajstić information content (AvgIpc) is 1.63. The van der Waals surface area contributed by atoms with Gasteiger partial charge >= 0.3 is 0 Å². The van der Waals surface area contributed by atoms with Gasteiger partial charge in [0, 0.05) is 49.1 Å². The van der Waals surface area contributed by atoms with Gasteiger partial charge < -0.3 is 13.6 Å². The molecule has 0 radical (unpaired) electrons. The lowest BCUT2D eigenvalue weighted by molar-refractivity contribution is 0.398. The number of hydrogen-bond acceptors (Lipinski definition) is 1. The van der Waals surface area contributed by atoms with Crippen molar-refractivity contribution in [2.45, 2.75) is 109 Å². The van der Waals surface area contributed by atoms with E-state index in [1.54, 1.807) is 11.1 Å². The molecule has 3 heteroatoms. The Kier molecular flexibility index (Phi) is 14.3. The molecule has 0 amide bonds. The Morgan fingerprint density at radius 1 is 0.279 bits per heavy atom. The van der Waals surface area contributed by atoms with Crippen molar-refractivity contribution in [2.75, 3.05) is 0 Å². The first-order valence-electron chi connectivity index (χ1n) is 32.1. The van der Waals surface area contributed by atoms with Crippen LogP contribution in [0.2, 0.25) is 0 Å². The highest BCUT2D eigenvalue weighted by Crippen LogP contribution is 2.56. The topological polar surface area (TPSA) is 23.0 Å². The van der Waals surface area contributed by atoms with Gasteiger partial charge in [-0.15, -0.1) is 0 Å². The van der Waals surface area contributed by atoms with Gasteiger partial charge in [0.2, 0.25) is 0 Å². The second-order valence-electron chi connectivity index (χ2n) is 24.6. The van der Waals surface area contributed by atoms with Gasteiger partial charge in [0.25, 0.3) is 0 Å². The minimum atomic E-state index is -0.0294. The van der Waals surface area contributed by atoms with Gasteiger partial charge in [-0.3, -0.25) is 0 Å². The van der Waals surface area contributed by atoms with Crippen LogP contribution in [-0.2, 0) is 5.41 Å². The lowest BCUT2D eigenvalue weighted by atomic mass is 9.70. The Balaban J connectivity index is 0.811. The molecule has 0 saturated heterocycles. The van der Waals surface area contributed by atoms with Crippen LogP contribution < -0.4 is 0 Å². The summed E-state index contributed by atoms with van der Waals surface area (Å²) in [7, 11) is 0. The Morgan fingerprint density at radius 2 is 0.674 bits per heavy atom.